The van der Waals surface area contributed by atoms with E-state index in [1.54, 1.807) is 18.2 Å². The molecular formula is C22H25ClN4O3S. The van der Waals surface area contributed by atoms with Crippen molar-refractivity contribution in [3.63, 3.8) is 0 Å². The van der Waals surface area contributed by atoms with Crippen LogP contribution in [0.3, 0.4) is 0 Å². The molecule has 1 aliphatic heterocycles. The number of benzene rings is 1. The van der Waals surface area contributed by atoms with E-state index in [0.717, 1.165) is 41.2 Å². The number of likely N-dealkylation sites (tertiary alicyclic amines) is 1. The number of rotatable bonds is 6. The van der Waals surface area contributed by atoms with E-state index < -0.39 is 0 Å². The molecule has 1 fully saturated rings. The van der Waals surface area contributed by atoms with E-state index in [4.69, 9.17) is 21.3 Å². The Bertz CT molecular complexity index is 1200. The Labute approximate surface area is 189 Å². The predicted octanol–water partition coefficient (Wildman–Crippen LogP) is 3.97. The van der Waals surface area contributed by atoms with Crippen molar-refractivity contribution in [3.05, 3.63) is 49.8 Å². The quantitative estimate of drug-likeness (QED) is 0.602. The fourth-order valence-electron chi connectivity index (χ4n) is 3.91. The van der Waals surface area contributed by atoms with Gasteiger partial charge in [0.1, 0.15) is 22.9 Å². The molecule has 1 aromatic carbocycles. The number of nitrogens with one attached hydrogen (secondary N) is 1. The third kappa shape index (κ3) is 4.46. The molecule has 0 aliphatic carbocycles. The standard InChI is InChI=1S/C22H25ClN4O3S/c1-13-14(2)31-21-20(13)22(29)27(18(25-21)11-26-8-4-5-9-26)12-19(28)24-16-10-15(23)6-7-17(16)30-3/h6-7,10H,4-5,8-9,11-12H2,1-3H3,(H,24,28). The summed E-state index contributed by atoms with van der Waals surface area (Å²) in [6.45, 7) is 6.29. The number of ether oxygens (including phenoxy) is 1. The highest BCUT2D eigenvalue weighted by molar-refractivity contribution is 7.18. The smallest absolute Gasteiger partial charge is 0.263 e. The van der Waals surface area contributed by atoms with Crippen LogP contribution in [0.4, 0.5) is 5.69 Å². The van der Waals surface area contributed by atoms with E-state index in [1.165, 1.54) is 23.0 Å². The summed E-state index contributed by atoms with van der Waals surface area (Å²) in [5.74, 6) is 0.783. The Morgan fingerprint density at radius 2 is 2.03 bits per heavy atom. The first-order chi connectivity index (χ1) is 14.9. The molecule has 1 aliphatic rings. The summed E-state index contributed by atoms with van der Waals surface area (Å²) in [4.78, 5) is 35.2. The molecule has 7 nitrogen and oxygen atoms in total. The molecule has 0 saturated carbocycles. The number of hydrogen-bond donors (Lipinski definition) is 1. The van der Waals surface area contributed by atoms with E-state index in [2.05, 4.69) is 10.2 Å². The molecule has 1 amide bonds. The molecule has 9 heteroatoms. The van der Waals surface area contributed by atoms with Crippen molar-refractivity contribution in [2.45, 2.75) is 39.8 Å². The lowest BCUT2D eigenvalue weighted by molar-refractivity contribution is -0.116. The molecule has 31 heavy (non-hydrogen) atoms. The molecule has 2 aromatic heterocycles. The van der Waals surface area contributed by atoms with Crippen LogP contribution >= 0.6 is 22.9 Å². The summed E-state index contributed by atoms with van der Waals surface area (Å²) in [5.41, 5.74) is 1.22. The summed E-state index contributed by atoms with van der Waals surface area (Å²) in [7, 11) is 1.52. The SMILES string of the molecule is COc1ccc(Cl)cc1NC(=O)Cn1c(CN2CCCC2)nc2sc(C)c(C)c2c1=O. The molecule has 0 bridgehead atoms. The van der Waals surface area contributed by atoms with Gasteiger partial charge in [0.15, 0.2) is 0 Å². The number of carbonyl (C=O) groups excluding carboxylic acids is 1. The highest BCUT2D eigenvalue weighted by atomic mass is 35.5. The maximum Gasteiger partial charge on any atom is 0.263 e. The van der Waals surface area contributed by atoms with Crippen LogP contribution in [0.1, 0.15) is 29.1 Å². The van der Waals surface area contributed by atoms with Crippen LogP contribution in [0.25, 0.3) is 10.2 Å². The molecule has 4 rings (SSSR count). The van der Waals surface area contributed by atoms with Crippen LogP contribution in [0.5, 0.6) is 5.75 Å². The lowest BCUT2D eigenvalue weighted by Gasteiger charge is -2.18. The number of anilines is 1. The van der Waals surface area contributed by atoms with Crippen molar-refractivity contribution in [2.75, 3.05) is 25.5 Å². The number of amides is 1. The van der Waals surface area contributed by atoms with Crippen molar-refractivity contribution in [1.82, 2.24) is 14.5 Å². The number of thiophene rings is 1. The molecule has 0 unspecified atom stereocenters. The Morgan fingerprint density at radius 3 is 2.74 bits per heavy atom. The zero-order valence-corrected chi connectivity index (χ0v) is 19.4. The predicted molar refractivity (Wildman–Crippen MR) is 124 cm³/mol. The molecule has 1 N–H and O–H groups in total. The second-order valence-corrected chi connectivity index (χ2v) is 9.40. The number of hydrogen-bond acceptors (Lipinski definition) is 6. The Hall–Kier alpha value is -2.42. The van der Waals surface area contributed by atoms with E-state index in [0.29, 0.717) is 34.2 Å². The van der Waals surface area contributed by atoms with Gasteiger partial charge in [0.05, 0.1) is 24.7 Å². The first-order valence-corrected chi connectivity index (χ1v) is 11.4. The fraction of sp³-hybridized carbons (Fsp3) is 0.409. The normalized spacial score (nSPS) is 14.3. The lowest BCUT2D eigenvalue weighted by atomic mass is 10.2. The lowest BCUT2D eigenvalue weighted by Crippen LogP contribution is -2.33. The van der Waals surface area contributed by atoms with Gasteiger partial charge in [0.25, 0.3) is 5.56 Å². The van der Waals surface area contributed by atoms with Crippen LogP contribution in [-0.2, 0) is 17.9 Å². The van der Waals surface area contributed by atoms with Gasteiger partial charge in [-0.1, -0.05) is 11.6 Å². The molecule has 0 radical (unpaired) electrons. The maximum absolute atomic E-state index is 13.4. The van der Waals surface area contributed by atoms with Crippen molar-refractivity contribution >= 4 is 44.7 Å². The third-order valence-corrected chi connectivity index (χ3v) is 7.01. The van der Waals surface area contributed by atoms with Gasteiger partial charge < -0.3 is 10.1 Å². The zero-order chi connectivity index (χ0) is 22.1. The highest BCUT2D eigenvalue weighted by Crippen LogP contribution is 2.28. The minimum Gasteiger partial charge on any atom is -0.495 e. The summed E-state index contributed by atoms with van der Waals surface area (Å²) in [6, 6.07) is 5.00. The molecular weight excluding hydrogens is 436 g/mol. The highest BCUT2D eigenvalue weighted by Gasteiger charge is 2.21. The maximum atomic E-state index is 13.4. The van der Waals surface area contributed by atoms with Crippen molar-refractivity contribution in [2.24, 2.45) is 0 Å². The molecule has 0 spiro atoms. The Kier molecular flexibility index (Phi) is 6.31. The van der Waals surface area contributed by atoms with Gasteiger partial charge in [0.2, 0.25) is 5.91 Å². The van der Waals surface area contributed by atoms with Gasteiger partial charge in [-0.25, -0.2) is 4.98 Å². The fourth-order valence-corrected chi connectivity index (χ4v) is 5.12. The average Bonchev–Trinajstić information content (AvgIpc) is 3.33. The summed E-state index contributed by atoms with van der Waals surface area (Å²) < 4.78 is 6.81. The monoisotopic (exact) mass is 460 g/mol. The number of carbonyl (C=O) groups is 1. The number of methoxy groups -OCH3 is 1. The van der Waals surface area contributed by atoms with Crippen LogP contribution < -0.4 is 15.6 Å². The molecule has 3 aromatic rings. The van der Waals surface area contributed by atoms with Crippen LogP contribution in [0.15, 0.2) is 23.0 Å². The van der Waals surface area contributed by atoms with Gasteiger partial charge >= 0.3 is 0 Å². The number of aryl methyl sites for hydroxylation is 2. The van der Waals surface area contributed by atoms with E-state index in [-0.39, 0.29) is 18.0 Å². The average molecular weight is 461 g/mol. The number of halogens is 1. The largest absolute Gasteiger partial charge is 0.495 e. The number of fused-ring (bicyclic) bond motifs is 1. The van der Waals surface area contributed by atoms with Crippen LogP contribution in [0.2, 0.25) is 5.02 Å². The van der Waals surface area contributed by atoms with Gasteiger partial charge in [-0.3, -0.25) is 19.1 Å². The molecule has 0 atom stereocenters. The van der Waals surface area contributed by atoms with E-state index in [1.807, 2.05) is 13.8 Å². The third-order valence-electron chi connectivity index (χ3n) is 5.67. The van der Waals surface area contributed by atoms with Crippen molar-refractivity contribution < 1.29 is 9.53 Å². The van der Waals surface area contributed by atoms with E-state index >= 15 is 0 Å². The first-order valence-electron chi connectivity index (χ1n) is 10.2. The van der Waals surface area contributed by atoms with Crippen molar-refractivity contribution in [3.8, 4) is 5.75 Å². The number of aromatic nitrogens is 2. The first kappa shape index (κ1) is 21.8. The Morgan fingerprint density at radius 1 is 1.29 bits per heavy atom. The molecule has 164 valence electrons. The van der Waals surface area contributed by atoms with Gasteiger partial charge in [-0.05, 0) is 63.5 Å². The number of nitrogens with zero attached hydrogens (tertiary/aromatic N) is 3. The van der Waals surface area contributed by atoms with Gasteiger partial charge in [0, 0.05) is 9.90 Å². The van der Waals surface area contributed by atoms with Gasteiger partial charge in [-0.2, -0.15) is 0 Å². The molecule has 3 heterocycles. The second kappa shape index (κ2) is 8.98. The minimum atomic E-state index is -0.337. The van der Waals surface area contributed by atoms with Crippen LogP contribution in [0, 0.1) is 13.8 Å². The second-order valence-electron chi connectivity index (χ2n) is 7.76. The summed E-state index contributed by atoms with van der Waals surface area (Å²) in [5, 5.41) is 3.90. The zero-order valence-electron chi connectivity index (χ0n) is 17.8. The van der Waals surface area contributed by atoms with Crippen LogP contribution in [-0.4, -0.2) is 40.6 Å². The van der Waals surface area contributed by atoms with Gasteiger partial charge in [-0.15, -0.1) is 11.3 Å². The summed E-state index contributed by atoms with van der Waals surface area (Å²) >= 11 is 7.60. The summed E-state index contributed by atoms with van der Waals surface area (Å²) in [6.07, 6.45) is 2.28. The Balaban J connectivity index is 1.70. The molecule has 1 saturated heterocycles. The topological polar surface area (TPSA) is 76.5 Å². The van der Waals surface area contributed by atoms with E-state index in [9.17, 15) is 9.59 Å². The minimum absolute atomic E-state index is 0.130. The van der Waals surface area contributed by atoms with Crippen molar-refractivity contribution in [1.29, 1.82) is 0 Å².